The number of aliphatic hydroxyl groups is 6. The summed E-state index contributed by atoms with van der Waals surface area (Å²) in [5.41, 5.74) is 10.1. The van der Waals surface area contributed by atoms with Gasteiger partial charge in [-0.05, 0) is 7.05 Å². The first-order chi connectivity index (χ1) is 28.4. The topological polar surface area (TPSA) is 348 Å². The third kappa shape index (κ3) is 118. The number of nitrogens with one attached hydrogen (secondary N) is 1. The molecule has 0 aromatic carbocycles. The molecule has 15 N–H and O–H groups in total. The van der Waals surface area contributed by atoms with Crippen LogP contribution in [0.2, 0.25) is 0 Å². The third-order valence-corrected chi connectivity index (χ3v) is 5.80. The van der Waals surface area contributed by atoms with E-state index in [1.807, 2.05) is 0 Å². The van der Waals surface area contributed by atoms with Gasteiger partial charge in [-0.25, -0.2) is 0 Å². The Morgan fingerprint density at radius 3 is 1.23 bits per heavy atom. The Balaban J connectivity index is -0.0000000415. The van der Waals surface area contributed by atoms with Gasteiger partial charge in [-0.3, -0.25) is 4.90 Å². The van der Waals surface area contributed by atoms with E-state index >= 15 is 0 Å². The van der Waals surface area contributed by atoms with Crippen molar-refractivity contribution in [3.8, 4) is 0 Å². The molecule has 3 heterocycles. The number of nitrogens with two attached hydrogens (primary N) is 2. The second-order valence-electron chi connectivity index (χ2n) is 10.4. The number of carbonyl (C=O) groups excluding carboxylic acids is 1. The average molecular weight is 928 g/mol. The summed E-state index contributed by atoms with van der Waals surface area (Å²) in [5.74, 6) is 0. The van der Waals surface area contributed by atoms with E-state index in [1.165, 1.54) is 0 Å². The molecular weight excluding hydrogens is 824 g/mol. The number of likely N-dealkylation sites (N-methyl/N-ethyl adjacent to an activating group) is 1. The van der Waals surface area contributed by atoms with Gasteiger partial charge in [0.2, 0.25) is 0 Å². The van der Waals surface area contributed by atoms with E-state index in [4.69, 9.17) is 70.4 Å². The fraction of sp³-hybridized carbons (Fsp3) is 0.949. The second-order valence-corrected chi connectivity index (χ2v) is 10.4. The maximum absolute atomic E-state index is 9.47. The molecule has 23 nitrogen and oxygen atoms in total. The van der Waals surface area contributed by atoms with Crippen LogP contribution in [0.4, 0.5) is 0 Å². The van der Waals surface area contributed by atoms with E-state index in [0.29, 0.717) is 59.0 Å². The molecule has 0 atom stereocenters. The zero-order valence-corrected chi connectivity index (χ0v) is 37.3. The molecule has 0 spiro atoms. The molecule has 3 saturated heterocycles. The summed E-state index contributed by atoms with van der Waals surface area (Å²) in [6.45, 7) is 22.5. The number of morpholine rings is 3. The Labute approximate surface area is 379 Å². The summed E-state index contributed by atoms with van der Waals surface area (Å²) in [5, 5.41) is 50.5. The number of quaternary nitrogens is 1. The number of hydrogen-bond donors (Lipinski definition) is 10. The largest absolute Gasteiger partial charge is 1.00 e. The maximum Gasteiger partial charge on any atom is 1.00 e. The monoisotopic (exact) mass is 928 g/mol. The molecule has 3 rings (SSSR count). The number of carbonyl (C=O) groups is 1. The summed E-state index contributed by atoms with van der Waals surface area (Å²) in [7, 11) is 8.03. The van der Waals surface area contributed by atoms with Gasteiger partial charge < -0.3 is 107 Å². The standard InChI is InChI=1S/C7H15NO2.C5H11NO.C4H11NO2.C4H9NO.C4H10O3.C4H8O3.C3H9NO.C3H8O2.CH4O.CO.3CH4.H3N.H/c1-9-5-2-8-3-6-10-7-4-8;1-6-2-4-7-5-3-6;5-1-3-7-4-2-6;1-3-6-4-2-5-1;2*5-1-3-7-4-2-6;2*1-5-3-2-4;2*1-2;;;;;/h2-7H2,1H3;2-5H2,1H3;6H,1-5H2;5H,1-4H2;5-6H,1-4H2;1,6H,2-4H2;2-4H2,1H3;4H,2-3H2,1H3;2H,1H3;;3*1H4;1H3;/q;;;;;;;;;;;;;;-1/p+2. The van der Waals surface area contributed by atoms with Gasteiger partial charge in [-0.1, -0.05) is 22.3 Å². The van der Waals surface area contributed by atoms with Crippen LogP contribution in [-0.2, 0) is 52.1 Å². The quantitative estimate of drug-likeness (QED) is 0.0288. The van der Waals surface area contributed by atoms with Crippen LogP contribution < -0.4 is 22.9 Å². The molecule has 62 heavy (non-hydrogen) atoms. The number of nitrogens with zero attached hydrogens (tertiary/aromatic N) is 2. The molecule has 0 aliphatic carbocycles. The van der Waals surface area contributed by atoms with Crippen molar-refractivity contribution < 1.29 is 85.6 Å². The van der Waals surface area contributed by atoms with Gasteiger partial charge in [0.25, 0.3) is 0 Å². The van der Waals surface area contributed by atoms with Crippen molar-refractivity contribution in [2.24, 2.45) is 11.5 Å². The van der Waals surface area contributed by atoms with Crippen molar-refractivity contribution >= 4 is 6.29 Å². The molecule has 0 aromatic heterocycles. The van der Waals surface area contributed by atoms with Crippen molar-refractivity contribution in [1.29, 1.82) is 0 Å². The zero-order valence-electron chi connectivity index (χ0n) is 39.3. The molecule has 3 aliphatic rings. The first kappa shape index (κ1) is 87.5. The predicted octanol–water partition coefficient (Wildman–Crippen LogP) is -2.05. The summed E-state index contributed by atoms with van der Waals surface area (Å²) < 4.78 is 50.7. The molecule has 0 amide bonds. The maximum atomic E-state index is 9.47. The van der Waals surface area contributed by atoms with E-state index in [0.717, 1.165) is 99.2 Å². The molecule has 3 fully saturated rings. The van der Waals surface area contributed by atoms with Crippen LogP contribution in [0, 0.1) is 6.65 Å². The van der Waals surface area contributed by atoms with E-state index in [-0.39, 0.29) is 77.5 Å². The number of aliphatic hydroxyl groups excluding tert-OH is 6. The molecule has 0 bridgehead atoms. The smallest absolute Gasteiger partial charge is 1.00 e. The van der Waals surface area contributed by atoms with E-state index in [1.54, 1.807) is 21.3 Å². The molecule has 0 saturated carbocycles. The SMILES string of the molecule is C.C.C.C1COCCN1.CN1CCOCC1.CO.COCCN.COCCN1CCOCC1.COCCO.NCCOCCO.O=CCOCCO.OCCOCCO.[C-]#[O+].[H+].[H-].[NH4+]. The Morgan fingerprint density at radius 2 is 0.984 bits per heavy atom. The van der Waals surface area contributed by atoms with E-state index in [2.05, 4.69) is 47.8 Å². The summed E-state index contributed by atoms with van der Waals surface area (Å²) in [6.07, 6.45) is 0.648. The van der Waals surface area contributed by atoms with Crippen LogP contribution in [0.5, 0.6) is 0 Å². The Bertz CT molecular complexity index is 607. The summed E-state index contributed by atoms with van der Waals surface area (Å²) in [4.78, 5) is 14.1. The number of hydrogen-bond acceptors (Lipinski definition) is 21. The van der Waals surface area contributed by atoms with Gasteiger partial charge in [0, 0.05) is 87.3 Å². The van der Waals surface area contributed by atoms with Gasteiger partial charge in [-0.2, -0.15) is 0 Å². The molecular formula is C39H103N6O17+. The van der Waals surface area contributed by atoms with Crippen LogP contribution >= 0.6 is 0 Å². The van der Waals surface area contributed by atoms with Gasteiger partial charge in [0.05, 0.1) is 126 Å². The summed E-state index contributed by atoms with van der Waals surface area (Å²) in [6, 6.07) is 0. The number of methoxy groups -OCH3 is 3. The van der Waals surface area contributed by atoms with Gasteiger partial charge in [0.1, 0.15) is 12.9 Å². The van der Waals surface area contributed by atoms with Crippen molar-refractivity contribution in [2.75, 3.05) is 227 Å². The summed E-state index contributed by atoms with van der Waals surface area (Å²) >= 11 is 0. The van der Waals surface area contributed by atoms with E-state index < -0.39 is 0 Å². The minimum atomic E-state index is -0.0200. The first-order valence-electron chi connectivity index (χ1n) is 19.0. The number of ether oxygens (including phenoxy) is 9. The minimum Gasteiger partial charge on any atom is -1.00 e. The van der Waals surface area contributed by atoms with Crippen molar-refractivity contribution in [1.82, 2.24) is 21.3 Å². The molecule has 0 unspecified atom stereocenters. The Hall–Kier alpha value is -1.43. The molecule has 0 aromatic rings. The van der Waals surface area contributed by atoms with Crippen molar-refractivity contribution in [2.45, 2.75) is 22.3 Å². The molecule has 3 aliphatic heterocycles. The second kappa shape index (κ2) is 103. The first-order valence-corrected chi connectivity index (χ1v) is 19.0. The third-order valence-electron chi connectivity index (χ3n) is 5.80. The van der Waals surface area contributed by atoms with Crippen LogP contribution in [-0.4, -0.2) is 273 Å². The Kier molecular flexibility index (Phi) is 145. The Morgan fingerprint density at radius 1 is 0.629 bits per heavy atom. The van der Waals surface area contributed by atoms with Crippen LogP contribution in [0.3, 0.4) is 0 Å². The number of rotatable bonds is 19. The van der Waals surface area contributed by atoms with Gasteiger partial charge >= 0.3 is 12.7 Å². The van der Waals surface area contributed by atoms with Crippen LogP contribution in [0.15, 0.2) is 0 Å². The van der Waals surface area contributed by atoms with Gasteiger partial charge in [-0.15, -0.1) is 0 Å². The van der Waals surface area contributed by atoms with Crippen molar-refractivity contribution in [3.63, 3.8) is 0 Å². The fourth-order valence-corrected chi connectivity index (χ4v) is 3.10. The predicted molar refractivity (Wildman–Crippen MR) is 247 cm³/mol. The molecule has 0 radical (unpaired) electrons. The average Bonchev–Trinajstić information content (AvgIpc) is 3.28. The zero-order chi connectivity index (χ0) is 45.4. The molecule has 390 valence electrons. The molecule has 23 heteroatoms. The van der Waals surface area contributed by atoms with Crippen LogP contribution in [0.25, 0.3) is 0 Å². The van der Waals surface area contributed by atoms with Crippen LogP contribution in [0.1, 0.15) is 25.1 Å². The normalized spacial score (nSPS) is 13.2. The fourth-order valence-electron chi connectivity index (χ4n) is 3.10. The minimum absolute atomic E-state index is 0. The van der Waals surface area contributed by atoms with Crippen molar-refractivity contribution in [3.05, 3.63) is 6.65 Å². The van der Waals surface area contributed by atoms with Gasteiger partial charge in [0.15, 0.2) is 0 Å². The van der Waals surface area contributed by atoms with E-state index in [9.17, 15) is 4.79 Å². The number of aldehydes is 1.